The number of esters is 1. The van der Waals surface area contributed by atoms with Gasteiger partial charge in [0.25, 0.3) is 0 Å². The molecule has 1 unspecified atom stereocenters. The van der Waals surface area contributed by atoms with Crippen LogP contribution < -0.4 is 0 Å². The molecule has 0 aliphatic carbocycles. The largest absolute Gasteiger partial charge is 0.401 e. The van der Waals surface area contributed by atoms with Crippen molar-refractivity contribution < 1.29 is 22.7 Å². The Kier molecular flexibility index (Phi) is 3.05. The SMILES string of the molecule is CC(F)C(=O)OC(F)F. The van der Waals surface area contributed by atoms with Crippen molar-refractivity contribution >= 4 is 5.97 Å². The van der Waals surface area contributed by atoms with Gasteiger partial charge in [-0.3, -0.25) is 0 Å². The lowest BCUT2D eigenvalue weighted by molar-refractivity contribution is -0.181. The molecule has 0 saturated heterocycles. The number of hydrogen-bond acceptors (Lipinski definition) is 2. The van der Waals surface area contributed by atoms with Crippen LogP contribution in [0.2, 0.25) is 0 Å². The standard InChI is InChI=1S/C4H5F3O2/c1-2(5)3(8)9-4(6)7/h2,4H,1H3. The summed E-state index contributed by atoms with van der Waals surface area (Å²) in [5, 5.41) is 0. The molecule has 1 atom stereocenters. The van der Waals surface area contributed by atoms with Gasteiger partial charge in [-0.25, -0.2) is 9.18 Å². The number of carbonyl (C=O) groups is 1. The second kappa shape index (κ2) is 3.32. The van der Waals surface area contributed by atoms with Gasteiger partial charge >= 0.3 is 12.6 Å². The predicted molar refractivity (Wildman–Crippen MR) is 22.7 cm³/mol. The summed E-state index contributed by atoms with van der Waals surface area (Å²) >= 11 is 0. The van der Waals surface area contributed by atoms with Crippen LogP contribution in [0.4, 0.5) is 13.2 Å². The van der Waals surface area contributed by atoms with Crippen molar-refractivity contribution in [3.63, 3.8) is 0 Å². The van der Waals surface area contributed by atoms with Crippen LogP contribution in [0.1, 0.15) is 6.92 Å². The van der Waals surface area contributed by atoms with Crippen molar-refractivity contribution in [3.05, 3.63) is 0 Å². The van der Waals surface area contributed by atoms with E-state index >= 15 is 0 Å². The van der Waals surface area contributed by atoms with Crippen LogP contribution in [0.15, 0.2) is 0 Å². The molecule has 0 aromatic carbocycles. The molecule has 5 heteroatoms. The molecule has 0 aromatic rings. The normalized spacial score (nSPS) is 13.4. The summed E-state index contributed by atoms with van der Waals surface area (Å²) in [6, 6.07) is 0. The first-order valence-corrected chi connectivity index (χ1v) is 2.16. The average molecular weight is 142 g/mol. The fourth-order valence-electron chi connectivity index (χ4n) is 0.182. The highest BCUT2D eigenvalue weighted by atomic mass is 19.3. The van der Waals surface area contributed by atoms with E-state index in [-0.39, 0.29) is 0 Å². The molecule has 54 valence electrons. The van der Waals surface area contributed by atoms with E-state index < -0.39 is 18.8 Å². The Morgan fingerprint density at radius 3 is 2.00 bits per heavy atom. The first kappa shape index (κ1) is 8.26. The third kappa shape index (κ3) is 3.81. The van der Waals surface area contributed by atoms with Crippen molar-refractivity contribution in [2.45, 2.75) is 19.7 Å². The minimum Gasteiger partial charge on any atom is -0.401 e. The zero-order valence-electron chi connectivity index (χ0n) is 4.61. The van der Waals surface area contributed by atoms with Gasteiger partial charge in [-0.05, 0) is 6.92 Å². The van der Waals surface area contributed by atoms with E-state index in [2.05, 4.69) is 4.74 Å². The number of halogens is 3. The molecule has 0 N–H and O–H groups in total. The van der Waals surface area contributed by atoms with E-state index in [9.17, 15) is 18.0 Å². The third-order valence-electron chi connectivity index (χ3n) is 0.530. The summed E-state index contributed by atoms with van der Waals surface area (Å²) in [6.45, 7) is -2.40. The summed E-state index contributed by atoms with van der Waals surface area (Å²) in [6.07, 6.45) is -1.99. The molecule has 0 fully saturated rings. The predicted octanol–water partition coefficient (Wildman–Crippen LogP) is 1.11. The van der Waals surface area contributed by atoms with Gasteiger partial charge < -0.3 is 4.74 Å². The number of alkyl halides is 3. The Labute approximate surface area is 49.6 Å². The Bertz CT molecular complexity index is 102. The van der Waals surface area contributed by atoms with E-state index in [0.717, 1.165) is 6.92 Å². The highest BCUT2D eigenvalue weighted by Crippen LogP contribution is 1.99. The lowest BCUT2D eigenvalue weighted by Crippen LogP contribution is -2.17. The van der Waals surface area contributed by atoms with E-state index in [0.29, 0.717) is 0 Å². The average Bonchev–Trinajstić information content (AvgIpc) is 1.63. The first-order chi connectivity index (χ1) is 4.04. The summed E-state index contributed by atoms with van der Waals surface area (Å²) < 4.78 is 36.9. The molecule has 0 saturated carbocycles. The second-order valence-corrected chi connectivity index (χ2v) is 1.31. The molecule has 2 nitrogen and oxygen atoms in total. The Morgan fingerprint density at radius 2 is 1.89 bits per heavy atom. The van der Waals surface area contributed by atoms with Crippen LogP contribution in [-0.4, -0.2) is 18.8 Å². The molecule has 0 amide bonds. The minimum absolute atomic E-state index is 0.824. The lowest BCUT2D eigenvalue weighted by atomic mass is 10.5. The number of rotatable bonds is 2. The Balaban J connectivity index is 3.51. The maximum absolute atomic E-state index is 11.6. The summed E-state index contributed by atoms with van der Waals surface area (Å²) in [5.41, 5.74) is 0. The monoisotopic (exact) mass is 142 g/mol. The van der Waals surface area contributed by atoms with Gasteiger partial charge in [-0.1, -0.05) is 0 Å². The fraction of sp³-hybridized carbons (Fsp3) is 0.750. The van der Waals surface area contributed by atoms with Crippen LogP contribution in [0, 0.1) is 0 Å². The zero-order valence-corrected chi connectivity index (χ0v) is 4.61. The summed E-state index contributed by atoms with van der Waals surface area (Å²) in [4.78, 5) is 9.88. The number of hydrogen-bond donors (Lipinski definition) is 0. The van der Waals surface area contributed by atoms with Crippen LogP contribution >= 0.6 is 0 Å². The topological polar surface area (TPSA) is 26.3 Å². The van der Waals surface area contributed by atoms with Crippen LogP contribution in [-0.2, 0) is 9.53 Å². The van der Waals surface area contributed by atoms with Gasteiger partial charge in [-0.15, -0.1) is 0 Å². The molecule has 9 heavy (non-hydrogen) atoms. The van der Waals surface area contributed by atoms with Crippen LogP contribution in [0.3, 0.4) is 0 Å². The van der Waals surface area contributed by atoms with Crippen molar-refractivity contribution in [2.75, 3.05) is 0 Å². The van der Waals surface area contributed by atoms with Crippen molar-refractivity contribution in [3.8, 4) is 0 Å². The number of ether oxygens (including phenoxy) is 1. The Morgan fingerprint density at radius 1 is 1.44 bits per heavy atom. The highest BCUT2D eigenvalue weighted by Gasteiger charge is 2.16. The van der Waals surface area contributed by atoms with Gasteiger partial charge in [-0.2, -0.15) is 8.78 Å². The second-order valence-electron chi connectivity index (χ2n) is 1.31. The van der Waals surface area contributed by atoms with E-state index in [1.807, 2.05) is 0 Å². The van der Waals surface area contributed by atoms with Gasteiger partial charge in [0.05, 0.1) is 0 Å². The quantitative estimate of drug-likeness (QED) is 0.540. The molecule has 0 aliphatic rings. The molecule has 0 rings (SSSR count). The van der Waals surface area contributed by atoms with E-state index in [4.69, 9.17) is 0 Å². The van der Waals surface area contributed by atoms with Gasteiger partial charge in [0.1, 0.15) is 0 Å². The maximum Gasteiger partial charge on any atom is 0.389 e. The summed E-state index contributed by atoms with van der Waals surface area (Å²) in [7, 11) is 0. The zero-order chi connectivity index (χ0) is 7.44. The molecule has 0 heterocycles. The van der Waals surface area contributed by atoms with Gasteiger partial charge in [0, 0.05) is 0 Å². The maximum atomic E-state index is 11.6. The third-order valence-corrected chi connectivity index (χ3v) is 0.530. The van der Waals surface area contributed by atoms with Gasteiger partial charge in [0.15, 0.2) is 6.17 Å². The molecule has 0 aliphatic heterocycles. The van der Waals surface area contributed by atoms with Gasteiger partial charge in [0.2, 0.25) is 0 Å². The van der Waals surface area contributed by atoms with Crippen molar-refractivity contribution in [1.82, 2.24) is 0 Å². The molecule has 0 radical (unpaired) electrons. The van der Waals surface area contributed by atoms with Crippen LogP contribution in [0.25, 0.3) is 0 Å². The molecule has 0 bridgehead atoms. The van der Waals surface area contributed by atoms with Crippen molar-refractivity contribution in [1.29, 1.82) is 0 Å². The minimum atomic E-state index is -3.23. The van der Waals surface area contributed by atoms with Crippen molar-refractivity contribution in [2.24, 2.45) is 0 Å². The first-order valence-electron chi connectivity index (χ1n) is 2.16. The summed E-state index contributed by atoms with van der Waals surface area (Å²) in [5.74, 6) is -1.54. The Hall–Kier alpha value is -0.740. The van der Waals surface area contributed by atoms with E-state index in [1.165, 1.54) is 0 Å². The molecule has 0 aromatic heterocycles. The molecule has 0 spiro atoms. The van der Waals surface area contributed by atoms with E-state index in [1.54, 1.807) is 0 Å². The fourth-order valence-corrected chi connectivity index (χ4v) is 0.182. The number of carbonyl (C=O) groups excluding carboxylic acids is 1. The highest BCUT2D eigenvalue weighted by molar-refractivity contribution is 5.73. The van der Waals surface area contributed by atoms with Crippen LogP contribution in [0.5, 0.6) is 0 Å². The molecular weight excluding hydrogens is 137 g/mol. The molecular formula is C4H5F3O2. The smallest absolute Gasteiger partial charge is 0.389 e. The lowest BCUT2D eigenvalue weighted by Gasteiger charge is -2.01.